The van der Waals surface area contributed by atoms with Gasteiger partial charge in [0.2, 0.25) is 11.8 Å². The molecule has 0 radical (unpaired) electrons. The fraction of sp³-hybridized carbons (Fsp3) is 0.235. The van der Waals surface area contributed by atoms with E-state index in [-0.39, 0.29) is 23.8 Å². The Balaban J connectivity index is 1.84. The van der Waals surface area contributed by atoms with Crippen LogP contribution >= 0.6 is 34.8 Å². The minimum Gasteiger partial charge on any atom is -0.354 e. The van der Waals surface area contributed by atoms with E-state index in [1.54, 1.807) is 49.4 Å². The van der Waals surface area contributed by atoms with E-state index in [1.165, 1.54) is 29.2 Å². The summed E-state index contributed by atoms with van der Waals surface area (Å²) in [5.74, 6) is -0.986. The molecule has 4 aromatic carbocycles. The van der Waals surface area contributed by atoms with Crippen LogP contribution in [0.5, 0.6) is 0 Å². The van der Waals surface area contributed by atoms with Gasteiger partial charge in [0.15, 0.2) is 0 Å². The normalized spacial score (nSPS) is 11.9. The summed E-state index contributed by atoms with van der Waals surface area (Å²) in [6.45, 7) is 3.38. The Hall–Kier alpha value is -3.56. The number of sulfonamides is 1. The van der Waals surface area contributed by atoms with Crippen molar-refractivity contribution in [2.24, 2.45) is 0 Å². The van der Waals surface area contributed by atoms with Crippen molar-refractivity contribution < 1.29 is 18.0 Å². The third-order valence-electron chi connectivity index (χ3n) is 7.28. The van der Waals surface area contributed by atoms with Gasteiger partial charge in [0, 0.05) is 40.1 Å². The molecule has 0 aliphatic rings. The van der Waals surface area contributed by atoms with Gasteiger partial charge in [-0.15, -0.1) is 0 Å². The van der Waals surface area contributed by atoms with Crippen LogP contribution in [0.15, 0.2) is 102 Å². The number of para-hydroxylation sites is 1. The number of halogens is 3. The molecule has 1 atom stereocenters. The van der Waals surface area contributed by atoms with E-state index in [9.17, 15) is 18.0 Å². The van der Waals surface area contributed by atoms with Crippen LogP contribution in [0.1, 0.15) is 30.0 Å². The van der Waals surface area contributed by atoms with Gasteiger partial charge in [0.1, 0.15) is 12.6 Å². The minimum absolute atomic E-state index is 0.0369. The Morgan fingerprint density at radius 1 is 0.822 bits per heavy atom. The largest absolute Gasteiger partial charge is 0.354 e. The lowest BCUT2D eigenvalue weighted by molar-refractivity contribution is -0.140. The molecular formula is C34H34Cl3N3O4S. The Morgan fingerprint density at radius 3 is 2.07 bits per heavy atom. The fourth-order valence-corrected chi connectivity index (χ4v) is 6.99. The zero-order valence-corrected chi connectivity index (χ0v) is 28.0. The number of hydrogen-bond donors (Lipinski definition) is 1. The topological polar surface area (TPSA) is 86.8 Å². The Kier molecular flexibility index (Phi) is 11.9. The van der Waals surface area contributed by atoms with E-state index >= 15 is 0 Å². The number of hydrogen-bond acceptors (Lipinski definition) is 4. The number of carbonyl (C=O) groups excluding carboxylic acids is 2. The van der Waals surface area contributed by atoms with Crippen molar-refractivity contribution in [1.82, 2.24) is 10.2 Å². The third kappa shape index (κ3) is 8.58. The SMILES string of the molecule is CCCNC(=O)C(Cc1ccccc1)N(Cc1c(Cl)cccc1Cl)C(=O)CN(c1ccccc1C)S(=O)(=O)c1ccc(Cl)cc1. The van der Waals surface area contributed by atoms with Crippen molar-refractivity contribution in [2.75, 3.05) is 17.4 Å². The molecule has 1 N–H and O–H groups in total. The molecule has 0 saturated carbocycles. The number of anilines is 1. The number of nitrogens with zero attached hydrogens (tertiary/aromatic N) is 2. The minimum atomic E-state index is -4.26. The molecule has 0 aliphatic carbocycles. The molecule has 0 heterocycles. The van der Waals surface area contributed by atoms with E-state index in [4.69, 9.17) is 34.8 Å². The molecule has 0 aliphatic heterocycles. The van der Waals surface area contributed by atoms with Crippen LogP contribution in [-0.2, 0) is 32.6 Å². The summed E-state index contributed by atoms with van der Waals surface area (Å²) in [5, 5.41) is 3.92. The molecule has 7 nitrogen and oxygen atoms in total. The first-order valence-electron chi connectivity index (χ1n) is 14.4. The van der Waals surface area contributed by atoms with Gasteiger partial charge in [0.05, 0.1) is 10.6 Å². The summed E-state index contributed by atoms with van der Waals surface area (Å²) in [7, 11) is -4.26. The second-order valence-electron chi connectivity index (χ2n) is 10.5. The molecule has 0 saturated heterocycles. The lowest BCUT2D eigenvalue weighted by Crippen LogP contribution is -2.53. The van der Waals surface area contributed by atoms with Crippen molar-refractivity contribution in [3.63, 3.8) is 0 Å². The van der Waals surface area contributed by atoms with Crippen LogP contribution in [0, 0.1) is 6.92 Å². The predicted molar refractivity (Wildman–Crippen MR) is 181 cm³/mol. The average Bonchev–Trinajstić information content (AvgIpc) is 3.02. The third-order valence-corrected chi connectivity index (χ3v) is 10.0. The Bertz CT molecular complexity index is 1720. The number of benzene rings is 4. The molecule has 0 bridgehead atoms. The number of amides is 2. The van der Waals surface area contributed by atoms with Crippen molar-refractivity contribution in [1.29, 1.82) is 0 Å². The molecular weight excluding hydrogens is 653 g/mol. The van der Waals surface area contributed by atoms with Gasteiger partial charge in [-0.05, 0) is 66.9 Å². The first-order valence-corrected chi connectivity index (χ1v) is 17.0. The van der Waals surface area contributed by atoms with Gasteiger partial charge in [-0.2, -0.15) is 0 Å². The lowest BCUT2D eigenvalue weighted by Gasteiger charge is -2.34. The summed E-state index contributed by atoms with van der Waals surface area (Å²) in [4.78, 5) is 29.6. The number of nitrogens with one attached hydrogen (secondary N) is 1. The first-order chi connectivity index (χ1) is 21.5. The average molecular weight is 687 g/mol. The van der Waals surface area contributed by atoms with E-state index in [0.717, 1.165) is 9.87 Å². The van der Waals surface area contributed by atoms with Crippen LogP contribution in [0.4, 0.5) is 5.69 Å². The molecule has 1 unspecified atom stereocenters. The van der Waals surface area contributed by atoms with Gasteiger partial charge < -0.3 is 10.2 Å². The zero-order valence-electron chi connectivity index (χ0n) is 24.9. The zero-order chi connectivity index (χ0) is 32.6. The number of aryl methyl sites for hydroxylation is 1. The summed E-state index contributed by atoms with van der Waals surface area (Å²) in [5.41, 5.74) is 2.23. The van der Waals surface area contributed by atoms with Gasteiger partial charge in [-0.1, -0.05) is 96.3 Å². The molecule has 4 aromatic rings. The molecule has 11 heteroatoms. The summed E-state index contributed by atoms with van der Waals surface area (Å²) < 4.78 is 29.4. The van der Waals surface area contributed by atoms with Crippen LogP contribution in [-0.4, -0.2) is 44.3 Å². The molecule has 0 aromatic heterocycles. The summed E-state index contributed by atoms with van der Waals surface area (Å²) >= 11 is 19.2. The monoisotopic (exact) mass is 685 g/mol. The number of carbonyl (C=O) groups is 2. The number of rotatable bonds is 13. The Labute approximate surface area is 279 Å². The Morgan fingerprint density at radius 2 is 1.44 bits per heavy atom. The van der Waals surface area contributed by atoms with Crippen molar-refractivity contribution in [2.45, 2.75) is 44.2 Å². The standard InChI is InChI=1S/C34H34Cl3N3O4S/c1-3-20-38-34(42)32(21-25-11-5-4-6-12-25)39(22-28-29(36)13-9-14-30(28)37)33(41)23-40(31-15-8-7-10-24(31)2)45(43,44)27-18-16-26(35)17-19-27/h4-19,32H,3,20-23H2,1-2H3,(H,38,42). The second kappa shape index (κ2) is 15.6. The summed E-state index contributed by atoms with van der Waals surface area (Å²) in [6, 6.07) is 25.9. The van der Waals surface area contributed by atoms with E-state index in [1.807, 2.05) is 37.3 Å². The molecule has 0 fully saturated rings. The highest BCUT2D eigenvalue weighted by Crippen LogP contribution is 2.30. The molecule has 2 amide bonds. The molecule has 45 heavy (non-hydrogen) atoms. The molecule has 236 valence electrons. The first kappa shape index (κ1) is 34.3. The van der Waals surface area contributed by atoms with Gasteiger partial charge in [-0.25, -0.2) is 8.42 Å². The second-order valence-corrected chi connectivity index (χ2v) is 13.6. The van der Waals surface area contributed by atoms with Crippen molar-refractivity contribution in [3.05, 3.63) is 129 Å². The predicted octanol–water partition coefficient (Wildman–Crippen LogP) is 7.32. The van der Waals surface area contributed by atoms with Gasteiger partial charge in [-0.3, -0.25) is 13.9 Å². The van der Waals surface area contributed by atoms with Crippen LogP contribution in [0.25, 0.3) is 0 Å². The highest BCUT2D eigenvalue weighted by Gasteiger charge is 2.35. The van der Waals surface area contributed by atoms with Crippen LogP contribution in [0.3, 0.4) is 0 Å². The van der Waals surface area contributed by atoms with Crippen molar-refractivity contribution in [3.8, 4) is 0 Å². The summed E-state index contributed by atoms with van der Waals surface area (Å²) in [6.07, 6.45) is 0.868. The maximum atomic E-state index is 14.5. The maximum absolute atomic E-state index is 14.5. The van der Waals surface area contributed by atoms with E-state index in [2.05, 4.69) is 5.32 Å². The van der Waals surface area contributed by atoms with Crippen molar-refractivity contribution >= 4 is 62.3 Å². The van der Waals surface area contributed by atoms with E-state index in [0.29, 0.717) is 44.8 Å². The highest BCUT2D eigenvalue weighted by molar-refractivity contribution is 7.92. The maximum Gasteiger partial charge on any atom is 0.264 e. The quantitative estimate of drug-likeness (QED) is 0.160. The van der Waals surface area contributed by atoms with E-state index < -0.39 is 28.5 Å². The fourth-order valence-electron chi connectivity index (χ4n) is 4.86. The van der Waals surface area contributed by atoms with Gasteiger partial charge in [0.25, 0.3) is 10.0 Å². The van der Waals surface area contributed by atoms with Crippen LogP contribution < -0.4 is 9.62 Å². The lowest BCUT2D eigenvalue weighted by atomic mass is 10.0. The van der Waals surface area contributed by atoms with Crippen LogP contribution in [0.2, 0.25) is 15.1 Å². The molecule has 0 spiro atoms. The molecule has 4 rings (SSSR count). The smallest absolute Gasteiger partial charge is 0.264 e. The highest BCUT2D eigenvalue weighted by atomic mass is 35.5. The van der Waals surface area contributed by atoms with Gasteiger partial charge >= 0.3 is 0 Å².